The maximum Gasteiger partial charge on any atom is 0.191 e. The molecule has 1 aromatic carbocycles. The van der Waals surface area contributed by atoms with Gasteiger partial charge in [0.05, 0.1) is 20.0 Å². The fraction of sp³-hybridized carbons (Fsp3) is 0.357. The number of hydrogen-bond donors (Lipinski definition) is 0. The van der Waals surface area contributed by atoms with Crippen molar-refractivity contribution in [3.05, 3.63) is 30.1 Å². The van der Waals surface area contributed by atoms with Crippen LogP contribution in [0.3, 0.4) is 0 Å². The standard InChI is InChI=1S/C14H17N3O3S/c1-4-17-9-15-16-14(17)21-8-11(18)10-5-6-12(19-2)13(7-10)20-3/h5-7,9H,4,8H2,1-3H3. The highest BCUT2D eigenvalue weighted by Crippen LogP contribution is 2.28. The van der Waals surface area contributed by atoms with Crippen LogP contribution in [0.4, 0.5) is 0 Å². The van der Waals surface area contributed by atoms with Gasteiger partial charge in [0.15, 0.2) is 22.4 Å². The molecule has 0 saturated carbocycles. The van der Waals surface area contributed by atoms with Gasteiger partial charge in [-0.05, 0) is 25.1 Å². The summed E-state index contributed by atoms with van der Waals surface area (Å²) in [5.74, 6) is 1.46. The average molecular weight is 307 g/mol. The predicted octanol–water partition coefficient (Wildman–Crippen LogP) is 2.29. The van der Waals surface area contributed by atoms with Crippen LogP contribution in [0.15, 0.2) is 29.7 Å². The highest BCUT2D eigenvalue weighted by molar-refractivity contribution is 7.99. The van der Waals surface area contributed by atoms with Crippen molar-refractivity contribution in [2.45, 2.75) is 18.6 Å². The minimum Gasteiger partial charge on any atom is -0.493 e. The second kappa shape index (κ2) is 7.12. The zero-order valence-electron chi connectivity index (χ0n) is 12.2. The number of nitrogens with zero attached hydrogens (tertiary/aromatic N) is 3. The smallest absolute Gasteiger partial charge is 0.191 e. The van der Waals surface area contributed by atoms with Crippen LogP contribution in [0, 0.1) is 0 Å². The van der Waals surface area contributed by atoms with E-state index in [4.69, 9.17) is 9.47 Å². The molecule has 7 heteroatoms. The zero-order chi connectivity index (χ0) is 15.2. The first-order valence-corrected chi connectivity index (χ1v) is 7.44. The molecule has 1 heterocycles. The third-order valence-corrected chi connectivity index (χ3v) is 3.94. The Hall–Kier alpha value is -2.02. The van der Waals surface area contributed by atoms with Gasteiger partial charge in [0.2, 0.25) is 0 Å². The number of ether oxygens (including phenoxy) is 2. The molecule has 0 aliphatic heterocycles. The van der Waals surface area contributed by atoms with E-state index in [9.17, 15) is 4.79 Å². The lowest BCUT2D eigenvalue weighted by Crippen LogP contribution is -2.05. The molecule has 0 saturated heterocycles. The van der Waals surface area contributed by atoms with E-state index >= 15 is 0 Å². The molecule has 0 radical (unpaired) electrons. The van der Waals surface area contributed by atoms with E-state index < -0.39 is 0 Å². The SMILES string of the molecule is CCn1cnnc1SCC(=O)c1ccc(OC)c(OC)c1. The Kier molecular flexibility index (Phi) is 5.21. The first-order valence-electron chi connectivity index (χ1n) is 6.45. The van der Waals surface area contributed by atoms with Crippen LogP contribution in [0.2, 0.25) is 0 Å². The van der Waals surface area contributed by atoms with Gasteiger partial charge in [0, 0.05) is 12.1 Å². The number of thioether (sulfide) groups is 1. The highest BCUT2D eigenvalue weighted by Gasteiger charge is 2.13. The summed E-state index contributed by atoms with van der Waals surface area (Å²) in [6.45, 7) is 2.78. The molecule has 6 nitrogen and oxygen atoms in total. The number of carbonyl (C=O) groups is 1. The van der Waals surface area contributed by atoms with Crippen LogP contribution < -0.4 is 9.47 Å². The van der Waals surface area contributed by atoms with Gasteiger partial charge in [0.1, 0.15) is 6.33 Å². The molecule has 0 aliphatic carbocycles. The van der Waals surface area contributed by atoms with Crippen LogP contribution in [-0.2, 0) is 6.54 Å². The maximum atomic E-state index is 12.2. The molecule has 0 fully saturated rings. The zero-order valence-corrected chi connectivity index (χ0v) is 13.0. The Morgan fingerprint density at radius 3 is 2.71 bits per heavy atom. The number of rotatable bonds is 7. The molecule has 2 aromatic rings. The highest BCUT2D eigenvalue weighted by atomic mass is 32.2. The van der Waals surface area contributed by atoms with Gasteiger partial charge in [-0.1, -0.05) is 11.8 Å². The Morgan fingerprint density at radius 2 is 2.05 bits per heavy atom. The lowest BCUT2D eigenvalue weighted by atomic mass is 10.1. The largest absolute Gasteiger partial charge is 0.493 e. The Labute approximate surface area is 127 Å². The van der Waals surface area contributed by atoms with Crippen LogP contribution >= 0.6 is 11.8 Å². The first kappa shape index (κ1) is 15.4. The average Bonchev–Trinajstić information content (AvgIpc) is 2.99. The molecule has 1 aromatic heterocycles. The van der Waals surface area contributed by atoms with E-state index in [-0.39, 0.29) is 5.78 Å². The van der Waals surface area contributed by atoms with Crippen molar-refractivity contribution in [2.24, 2.45) is 0 Å². The number of ketones is 1. The molecular weight excluding hydrogens is 290 g/mol. The molecule has 21 heavy (non-hydrogen) atoms. The monoisotopic (exact) mass is 307 g/mol. The maximum absolute atomic E-state index is 12.2. The molecule has 0 N–H and O–H groups in total. The molecule has 0 unspecified atom stereocenters. The van der Waals surface area contributed by atoms with E-state index in [1.807, 2.05) is 11.5 Å². The lowest BCUT2D eigenvalue weighted by Gasteiger charge is -2.09. The number of aryl methyl sites for hydroxylation is 1. The number of aromatic nitrogens is 3. The Morgan fingerprint density at radius 1 is 1.29 bits per heavy atom. The van der Waals surface area contributed by atoms with Crippen molar-refractivity contribution in [1.29, 1.82) is 0 Å². The topological polar surface area (TPSA) is 66.2 Å². The van der Waals surface area contributed by atoms with Crippen molar-refractivity contribution in [3.8, 4) is 11.5 Å². The third-order valence-electron chi connectivity index (χ3n) is 2.96. The summed E-state index contributed by atoms with van der Waals surface area (Å²) in [6.07, 6.45) is 1.66. The van der Waals surface area contributed by atoms with E-state index in [0.29, 0.717) is 22.8 Å². The van der Waals surface area contributed by atoms with Gasteiger partial charge in [0.25, 0.3) is 0 Å². The Balaban J connectivity index is 2.07. The van der Waals surface area contributed by atoms with Gasteiger partial charge in [-0.3, -0.25) is 4.79 Å². The van der Waals surface area contributed by atoms with E-state index in [2.05, 4.69) is 10.2 Å². The molecular formula is C14H17N3O3S. The van der Waals surface area contributed by atoms with Gasteiger partial charge in [-0.15, -0.1) is 10.2 Å². The molecule has 0 aliphatic rings. The van der Waals surface area contributed by atoms with Crippen LogP contribution in [-0.4, -0.2) is 40.5 Å². The number of methoxy groups -OCH3 is 2. The number of Topliss-reactive ketones (excluding diaryl/α,β-unsaturated/α-hetero) is 1. The summed E-state index contributed by atoms with van der Waals surface area (Å²) in [6, 6.07) is 5.15. The first-order chi connectivity index (χ1) is 10.2. The predicted molar refractivity (Wildman–Crippen MR) is 80.3 cm³/mol. The quantitative estimate of drug-likeness (QED) is 0.577. The molecule has 0 atom stereocenters. The molecule has 2 rings (SSSR count). The second-order valence-electron chi connectivity index (χ2n) is 4.18. The fourth-order valence-electron chi connectivity index (χ4n) is 1.80. The second-order valence-corrected chi connectivity index (χ2v) is 5.12. The van der Waals surface area contributed by atoms with Gasteiger partial charge >= 0.3 is 0 Å². The summed E-state index contributed by atoms with van der Waals surface area (Å²) in [7, 11) is 3.11. The summed E-state index contributed by atoms with van der Waals surface area (Å²) < 4.78 is 12.3. The van der Waals surface area contributed by atoms with E-state index in [0.717, 1.165) is 11.7 Å². The summed E-state index contributed by atoms with van der Waals surface area (Å²) in [4.78, 5) is 12.2. The lowest BCUT2D eigenvalue weighted by molar-refractivity contribution is 0.102. The number of hydrogen-bond acceptors (Lipinski definition) is 6. The van der Waals surface area contributed by atoms with E-state index in [1.165, 1.54) is 11.8 Å². The minimum absolute atomic E-state index is 0.00612. The van der Waals surface area contributed by atoms with Crippen molar-refractivity contribution in [3.63, 3.8) is 0 Å². The van der Waals surface area contributed by atoms with Crippen molar-refractivity contribution in [1.82, 2.24) is 14.8 Å². The Bertz CT molecular complexity index is 628. The van der Waals surface area contributed by atoms with E-state index in [1.54, 1.807) is 38.7 Å². The molecule has 112 valence electrons. The van der Waals surface area contributed by atoms with Crippen LogP contribution in [0.25, 0.3) is 0 Å². The molecule has 0 spiro atoms. The van der Waals surface area contributed by atoms with Gasteiger partial charge < -0.3 is 14.0 Å². The summed E-state index contributed by atoms with van der Waals surface area (Å²) in [5, 5.41) is 8.57. The summed E-state index contributed by atoms with van der Waals surface area (Å²) in [5.41, 5.74) is 0.586. The third kappa shape index (κ3) is 3.55. The molecule has 0 amide bonds. The van der Waals surface area contributed by atoms with Crippen LogP contribution in [0.5, 0.6) is 11.5 Å². The number of benzene rings is 1. The molecule has 0 bridgehead atoms. The number of carbonyl (C=O) groups excluding carboxylic acids is 1. The normalized spacial score (nSPS) is 10.4. The minimum atomic E-state index is 0.00612. The van der Waals surface area contributed by atoms with Crippen molar-refractivity contribution in [2.75, 3.05) is 20.0 Å². The summed E-state index contributed by atoms with van der Waals surface area (Å²) >= 11 is 1.37. The van der Waals surface area contributed by atoms with Crippen molar-refractivity contribution >= 4 is 17.5 Å². The van der Waals surface area contributed by atoms with Gasteiger partial charge in [-0.2, -0.15) is 0 Å². The van der Waals surface area contributed by atoms with Crippen LogP contribution in [0.1, 0.15) is 17.3 Å². The van der Waals surface area contributed by atoms with Crippen molar-refractivity contribution < 1.29 is 14.3 Å². The van der Waals surface area contributed by atoms with Gasteiger partial charge in [-0.25, -0.2) is 0 Å². The fourth-order valence-corrected chi connectivity index (χ4v) is 2.67.